The summed E-state index contributed by atoms with van der Waals surface area (Å²) < 4.78 is 33.7. The number of ether oxygens (including phenoxy) is 6. The first-order valence-electron chi connectivity index (χ1n) is 12.5. The van der Waals surface area contributed by atoms with Crippen LogP contribution in [0.2, 0.25) is 0 Å². The molecule has 2 heterocycles. The minimum Gasteiger partial charge on any atom is -0.497 e. The Bertz CT molecular complexity index is 1450. The number of aromatic nitrogens is 2. The second-order valence-corrected chi connectivity index (χ2v) is 9.70. The smallest absolute Gasteiger partial charge is 0.303 e. The van der Waals surface area contributed by atoms with Gasteiger partial charge in [0.2, 0.25) is 0 Å². The van der Waals surface area contributed by atoms with E-state index in [1.807, 2.05) is 6.07 Å². The summed E-state index contributed by atoms with van der Waals surface area (Å²) in [6.07, 6.45) is -5.73. The fraction of sp³-hybridized carbons (Fsp3) is 0.444. The van der Waals surface area contributed by atoms with Crippen molar-refractivity contribution in [1.82, 2.24) is 9.55 Å². The quantitative estimate of drug-likeness (QED) is 0.175. The van der Waals surface area contributed by atoms with Gasteiger partial charge in [0.25, 0.3) is 5.56 Å². The highest BCUT2D eigenvalue weighted by Gasteiger charge is 2.53. The van der Waals surface area contributed by atoms with Gasteiger partial charge in [0.15, 0.2) is 29.7 Å². The summed E-state index contributed by atoms with van der Waals surface area (Å²) in [4.78, 5) is 66.5. The molecule has 5 atom stereocenters. The number of methoxy groups -OCH3 is 1. The minimum absolute atomic E-state index is 0.0470. The standard InChI is InChI=1S/C27H29N3O11S/c1-13(31)37-12-20-22(38-14(2)32)23(39-15(3)33)24(40-16(4)34)26(41-20)30-25(35)19(11-28)21(29-27(30)42-6)17-7-9-18(36-5)10-8-17/h7-10,20,22-24,26H,12H2,1-6H3/t20-,22-,23+,24-,26-/m1/s1. The fourth-order valence-corrected chi connectivity index (χ4v) is 4.92. The average molecular weight is 604 g/mol. The number of hydrogen-bond donors (Lipinski definition) is 0. The lowest BCUT2D eigenvalue weighted by Gasteiger charge is -2.45. The van der Waals surface area contributed by atoms with E-state index in [1.54, 1.807) is 30.5 Å². The molecule has 1 saturated heterocycles. The lowest BCUT2D eigenvalue weighted by atomic mass is 9.97. The van der Waals surface area contributed by atoms with E-state index >= 15 is 0 Å². The van der Waals surface area contributed by atoms with Crippen molar-refractivity contribution >= 4 is 35.6 Å². The van der Waals surface area contributed by atoms with E-state index in [0.29, 0.717) is 11.3 Å². The molecule has 1 aromatic carbocycles. The van der Waals surface area contributed by atoms with Crippen molar-refractivity contribution < 1.29 is 47.6 Å². The van der Waals surface area contributed by atoms with Crippen LogP contribution in [0, 0.1) is 11.3 Å². The molecule has 0 radical (unpaired) electrons. The molecule has 1 aliphatic rings. The van der Waals surface area contributed by atoms with Crippen LogP contribution < -0.4 is 10.3 Å². The number of hydrogen-bond acceptors (Lipinski definition) is 14. The van der Waals surface area contributed by atoms with Gasteiger partial charge >= 0.3 is 23.9 Å². The lowest BCUT2D eigenvalue weighted by molar-refractivity contribution is -0.270. The van der Waals surface area contributed by atoms with Crippen molar-refractivity contribution in [2.24, 2.45) is 0 Å². The number of nitriles is 1. The van der Waals surface area contributed by atoms with E-state index in [0.717, 1.165) is 44.0 Å². The van der Waals surface area contributed by atoms with Crippen molar-refractivity contribution in [3.63, 3.8) is 0 Å². The number of thioether (sulfide) groups is 1. The maximum atomic E-state index is 14.0. The number of esters is 4. The Morgan fingerprint density at radius 3 is 2.02 bits per heavy atom. The third-order valence-corrected chi connectivity index (χ3v) is 6.61. The molecular formula is C27H29N3O11S. The van der Waals surface area contributed by atoms with Gasteiger partial charge in [0, 0.05) is 33.3 Å². The van der Waals surface area contributed by atoms with E-state index < -0.39 is 66.7 Å². The van der Waals surface area contributed by atoms with E-state index in [4.69, 9.17) is 28.4 Å². The average Bonchev–Trinajstić information content (AvgIpc) is 2.93. The van der Waals surface area contributed by atoms with Gasteiger partial charge in [-0.05, 0) is 30.5 Å². The zero-order valence-corrected chi connectivity index (χ0v) is 24.5. The molecule has 0 bridgehead atoms. The van der Waals surface area contributed by atoms with E-state index in [2.05, 4.69) is 4.98 Å². The molecule has 0 unspecified atom stereocenters. The Kier molecular flexibility index (Phi) is 10.7. The Labute approximate surface area is 244 Å². The van der Waals surface area contributed by atoms with Crippen LogP contribution in [-0.4, -0.2) is 77.8 Å². The van der Waals surface area contributed by atoms with Crippen molar-refractivity contribution in [2.45, 2.75) is 63.5 Å². The topological polar surface area (TPSA) is 182 Å². The maximum Gasteiger partial charge on any atom is 0.303 e. The van der Waals surface area contributed by atoms with Crippen LogP contribution in [0.3, 0.4) is 0 Å². The zero-order chi connectivity index (χ0) is 31.1. The second kappa shape index (κ2) is 14.0. The first-order chi connectivity index (χ1) is 19.9. The van der Waals surface area contributed by atoms with Crippen LogP contribution in [0.25, 0.3) is 11.3 Å². The SMILES string of the molecule is COc1ccc(-c2nc(SC)n([C@@H]3O[C@H](COC(C)=O)[C@@H](OC(C)=O)[C@H](OC(C)=O)[C@H]3OC(C)=O)c(=O)c2C#N)cc1. The first kappa shape index (κ1) is 32.1. The van der Waals surface area contributed by atoms with Gasteiger partial charge < -0.3 is 28.4 Å². The van der Waals surface area contributed by atoms with E-state index in [9.17, 15) is 29.2 Å². The fourth-order valence-electron chi connectivity index (χ4n) is 4.35. The van der Waals surface area contributed by atoms with Crippen molar-refractivity contribution in [1.29, 1.82) is 5.26 Å². The van der Waals surface area contributed by atoms with Crippen molar-refractivity contribution in [2.75, 3.05) is 20.0 Å². The third kappa shape index (κ3) is 7.25. The monoisotopic (exact) mass is 603 g/mol. The van der Waals surface area contributed by atoms with Crippen LogP contribution >= 0.6 is 11.8 Å². The molecule has 2 aromatic rings. The van der Waals surface area contributed by atoms with E-state index in [1.165, 1.54) is 7.11 Å². The summed E-state index contributed by atoms with van der Waals surface area (Å²) in [5, 5.41) is 10.1. The Balaban J connectivity index is 2.28. The van der Waals surface area contributed by atoms with Gasteiger partial charge in [0.05, 0.1) is 12.8 Å². The highest BCUT2D eigenvalue weighted by molar-refractivity contribution is 7.98. The Morgan fingerprint density at radius 2 is 1.52 bits per heavy atom. The Morgan fingerprint density at radius 1 is 0.952 bits per heavy atom. The van der Waals surface area contributed by atoms with Gasteiger partial charge in [-0.3, -0.25) is 28.5 Å². The number of rotatable bonds is 9. The predicted molar refractivity (Wildman–Crippen MR) is 144 cm³/mol. The predicted octanol–water partition coefficient (Wildman–Crippen LogP) is 1.77. The Hall–Kier alpha value is -4.42. The van der Waals surface area contributed by atoms with Crippen LogP contribution in [0.4, 0.5) is 0 Å². The highest BCUT2D eigenvalue weighted by Crippen LogP contribution is 2.36. The van der Waals surface area contributed by atoms with Gasteiger partial charge in [-0.1, -0.05) is 11.8 Å². The molecule has 42 heavy (non-hydrogen) atoms. The largest absolute Gasteiger partial charge is 0.497 e. The minimum atomic E-state index is -1.56. The molecule has 0 N–H and O–H groups in total. The normalized spacial score (nSPS) is 21.4. The summed E-state index contributed by atoms with van der Waals surface area (Å²) in [6, 6.07) is 8.42. The van der Waals surface area contributed by atoms with E-state index in [-0.39, 0.29) is 16.4 Å². The summed E-state index contributed by atoms with van der Waals surface area (Å²) >= 11 is 1.02. The molecule has 1 aliphatic heterocycles. The van der Waals surface area contributed by atoms with Gasteiger partial charge in [-0.25, -0.2) is 4.98 Å². The van der Waals surface area contributed by atoms with Crippen LogP contribution in [0.5, 0.6) is 5.75 Å². The first-order valence-corrected chi connectivity index (χ1v) is 13.7. The van der Waals surface area contributed by atoms with Gasteiger partial charge in [-0.15, -0.1) is 0 Å². The molecule has 224 valence electrons. The van der Waals surface area contributed by atoms with Crippen LogP contribution in [0.15, 0.2) is 34.2 Å². The molecule has 0 aliphatic carbocycles. The number of carbonyl (C=O) groups is 4. The number of carbonyl (C=O) groups excluding carboxylic acids is 4. The molecule has 0 saturated carbocycles. The number of nitrogens with zero attached hydrogens (tertiary/aromatic N) is 3. The summed E-state index contributed by atoms with van der Waals surface area (Å²) in [7, 11) is 1.49. The van der Waals surface area contributed by atoms with Crippen LogP contribution in [0.1, 0.15) is 39.5 Å². The summed E-state index contributed by atoms with van der Waals surface area (Å²) in [6.45, 7) is 3.92. The molecule has 1 fully saturated rings. The summed E-state index contributed by atoms with van der Waals surface area (Å²) in [5.74, 6) is -2.61. The molecule has 15 heteroatoms. The van der Waals surface area contributed by atoms with Crippen molar-refractivity contribution in [3.05, 3.63) is 40.2 Å². The highest BCUT2D eigenvalue weighted by atomic mass is 32.2. The zero-order valence-electron chi connectivity index (χ0n) is 23.6. The second-order valence-electron chi connectivity index (χ2n) is 8.93. The number of benzene rings is 1. The lowest BCUT2D eigenvalue weighted by Crippen LogP contribution is -2.61. The molecule has 0 amide bonds. The van der Waals surface area contributed by atoms with Gasteiger partial charge in [-0.2, -0.15) is 5.26 Å². The maximum absolute atomic E-state index is 14.0. The summed E-state index contributed by atoms with van der Waals surface area (Å²) in [5.41, 5.74) is -0.681. The molecule has 3 rings (SSSR count). The third-order valence-electron chi connectivity index (χ3n) is 5.96. The van der Waals surface area contributed by atoms with Gasteiger partial charge in [0.1, 0.15) is 30.1 Å². The van der Waals surface area contributed by atoms with Crippen LogP contribution in [-0.2, 0) is 42.9 Å². The molecule has 1 aromatic heterocycles. The molecular weight excluding hydrogens is 574 g/mol. The molecule has 0 spiro atoms. The van der Waals surface area contributed by atoms with Crippen molar-refractivity contribution in [3.8, 4) is 23.1 Å². The molecule has 14 nitrogen and oxygen atoms in total.